The molecule has 6 nitrogen and oxygen atoms in total. The van der Waals surface area contributed by atoms with Crippen LogP contribution in [0.15, 0.2) is 24.3 Å². The van der Waals surface area contributed by atoms with Crippen LogP contribution in [0.5, 0.6) is 0 Å². The molecule has 2 heterocycles. The van der Waals surface area contributed by atoms with Crippen molar-refractivity contribution in [2.75, 3.05) is 42.9 Å². The van der Waals surface area contributed by atoms with Gasteiger partial charge in [0.2, 0.25) is 5.91 Å². The number of ketones is 1. The van der Waals surface area contributed by atoms with Crippen LogP contribution in [-0.4, -0.2) is 54.3 Å². The molecule has 0 atom stereocenters. The highest BCUT2D eigenvalue weighted by molar-refractivity contribution is 7.17. The average Bonchev–Trinajstić information content (AvgIpc) is 3.06. The lowest BCUT2D eigenvalue weighted by atomic mass is 10.2. The fourth-order valence-corrected chi connectivity index (χ4v) is 4.35. The number of nitrogens with zero attached hydrogens (tertiary/aromatic N) is 3. The van der Waals surface area contributed by atoms with Gasteiger partial charge in [-0.1, -0.05) is 29.0 Å². The highest BCUT2D eigenvalue weighted by Gasteiger charge is 2.21. The Kier molecular flexibility index (Phi) is 6.91. The molecule has 28 heavy (non-hydrogen) atoms. The van der Waals surface area contributed by atoms with E-state index in [-0.39, 0.29) is 11.7 Å². The third-order valence-electron chi connectivity index (χ3n) is 4.77. The van der Waals surface area contributed by atoms with Crippen LogP contribution in [0.3, 0.4) is 0 Å². The van der Waals surface area contributed by atoms with Crippen LogP contribution in [0, 0.1) is 6.92 Å². The Bertz CT molecular complexity index is 846. The molecule has 150 valence electrons. The zero-order valence-electron chi connectivity index (χ0n) is 16.2. The molecule has 0 spiro atoms. The molecule has 0 bridgehead atoms. The van der Waals surface area contributed by atoms with Crippen molar-refractivity contribution in [2.24, 2.45) is 0 Å². The van der Waals surface area contributed by atoms with Crippen molar-refractivity contribution in [3.05, 3.63) is 39.9 Å². The summed E-state index contributed by atoms with van der Waals surface area (Å²) in [6, 6.07) is 7.83. The first-order valence-corrected chi connectivity index (χ1v) is 10.6. The number of amides is 1. The molecule has 1 amide bonds. The summed E-state index contributed by atoms with van der Waals surface area (Å²) < 4.78 is 0. The van der Waals surface area contributed by atoms with Gasteiger partial charge >= 0.3 is 0 Å². The van der Waals surface area contributed by atoms with Gasteiger partial charge in [0.05, 0.1) is 10.6 Å². The van der Waals surface area contributed by atoms with Gasteiger partial charge in [-0.3, -0.25) is 9.59 Å². The molecule has 0 aliphatic carbocycles. The second-order valence-corrected chi connectivity index (χ2v) is 8.30. The second-order valence-electron chi connectivity index (χ2n) is 6.87. The van der Waals surface area contributed by atoms with Crippen molar-refractivity contribution in [3.63, 3.8) is 0 Å². The van der Waals surface area contributed by atoms with E-state index in [4.69, 9.17) is 11.6 Å². The molecule has 8 heteroatoms. The van der Waals surface area contributed by atoms with Gasteiger partial charge in [-0.05, 0) is 31.5 Å². The van der Waals surface area contributed by atoms with Gasteiger partial charge in [-0.25, -0.2) is 4.98 Å². The van der Waals surface area contributed by atoms with Gasteiger partial charge in [-0.2, -0.15) is 0 Å². The molecule has 1 N–H and O–H groups in total. The maximum atomic E-state index is 12.5. The summed E-state index contributed by atoms with van der Waals surface area (Å²) in [6.07, 6.45) is 1.25. The van der Waals surface area contributed by atoms with Crippen LogP contribution < -0.4 is 10.2 Å². The van der Waals surface area contributed by atoms with Crippen molar-refractivity contribution in [2.45, 2.75) is 26.7 Å². The topological polar surface area (TPSA) is 65.5 Å². The molecule has 0 saturated carbocycles. The highest BCUT2D eigenvalue weighted by atomic mass is 35.5. The van der Waals surface area contributed by atoms with Gasteiger partial charge in [0.15, 0.2) is 10.9 Å². The number of hydrogen-bond donors (Lipinski definition) is 1. The summed E-state index contributed by atoms with van der Waals surface area (Å²) >= 11 is 7.44. The van der Waals surface area contributed by atoms with E-state index in [1.807, 2.05) is 36.1 Å². The summed E-state index contributed by atoms with van der Waals surface area (Å²) in [5, 5.41) is 4.69. The van der Waals surface area contributed by atoms with Gasteiger partial charge in [-0.15, -0.1) is 0 Å². The van der Waals surface area contributed by atoms with Crippen molar-refractivity contribution >= 4 is 45.4 Å². The Balaban J connectivity index is 1.39. The van der Waals surface area contributed by atoms with E-state index in [2.05, 4.69) is 15.2 Å². The maximum absolute atomic E-state index is 12.5. The van der Waals surface area contributed by atoms with E-state index in [0.717, 1.165) is 54.1 Å². The van der Waals surface area contributed by atoms with E-state index in [0.29, 0.717) is 17.8 Å². The minimum atomic E-state index is 0.0372. The Hall–Kier alpha value is -2.12. The lowest BCUT2D eigenvalue weighted by molar-refractivity contribution is -0.131. The molecule has 1 aromatic heterocycles. The van der Waals surface area contributed by atoms with Crippen molar-refractivity contribution in [1.29, 1.82) is 0 Å². The number of aryl methyl sites for hydroxylation is 1. The van der Waals surface area contributed by atoms with Gasteiger partial charge in [0.25, 0.3) is 0 Å². The number of anilines is 2. The fraction of sp³-hybridized carbons (Fsp3) is 0.450. The zero-order chi connectivity index (χ0) is 20.1. The molecule has 0 unspecified atom stereocenters. The van der Waals surface area contributed by atoms with E-state index >= 15 is 0 Å². The van der Waals surface area contributed by atoms with Gasteiger partial charge in [0.1, 0.15) is 0 Å². The molecule has 1 aliphatic rings. The lowest BCUT2D eigenvalue weighted by Crippen LogP contribution is -2.48. The molecule has 3 rings (SSSR count). The molecular formula is C20H25ClN4O2S. The minimum Gasteiger partial charge on any atom is -0.368 e. The SMILES string of the molecule is CC(=O)c1sc(NCCCC(=O)N2CCN(c3cccc(Cl)c3)CC2)nc1C. The smallest absolute Gasteiger partial charge is 0.222 e. The first kappa shape index (κ1) is 20.6. The van der Waals surface area contributed by atoms with Gasteiger partial charge in [0, 0.05) is 56.8 Å². The van der Waals surface area contributed by atoms with Gasteiger partial charge < -0.3 is 15.1 Å². The zero-order valence-corrected chi connectivity index (χ0v) is 17.8. The third kappa shape index (κ3) is 5.23. The maximum Gasteiger partial charge on any atom is 0.222 e. The lowest BCUT2D eigenvalue weighted by Gasteiger charge is -2.36. The van der Waals surface area contributed by atoms with E-state index in [1.54, 1.807) is 6.92 Å². The number of benzene rings is 1. The Labute approximate surface area is 174 Å². The number of aromatic nitrogens is 1. The normalized spacial score (nSPS) is 14.2. The number of hydrogen-bond acceptors (Lipinski definition) is 6. The number of piperazine rings is 1. The molecule has 1 aromatic carbocycles. The fourth-order valence-electron chi connectivity index (χ4n) is 3.28. The minimum absolute atomic E-state index is 0.0372. The molecule has 0 radical (unpaired) electrons. The molecule has 1 fully saturated rings. The average molecular weight is 421 g/mol. The van der Waals surface area contributed by atoms with Crippen molar-refractivity contribution < 1.29 is 9.59 Å². The number of Topliss-reactive ketones (excluding diaryl/α,β-unsaturated/α-hetero) is 1. The van der Waals surface area contributed by atoms with Crippen LogP contribution in [0.1, 0.15) is 35.1 Å². The number of thiazole rings is 1. The Morgan fingerprint density at radius 1 is 1.25 bits per heavy atom. The predicted molar refractivity (Wildman–Crippen MR) is 115 cm³/mol. The summed E-state index contributed by atoms with van der Waals surface area (Å²) in [5.41, 5.74) is 1.86. The number of rotatable bonds is 7. The molecular weight excluding hydrogens is 396 g/mol. The van der Waals surface area contributed by atoms with Crippen LogP contribution >= 0.6 is 22.9 Å². The summed E-state index contributed by atoms with van der Waals surface area (Å²) in [6.45, 7) is 7.14. The Morgan fingerprint density at radius 2 is 2.00 bits per heavy atom. The van der Waals surface area contributed by atoms with Crippen molar-refractivity contribution in [1.82, 2.24) is 9.88 Å². The number of nitrogens with one attached hydrogen (secondary N) is 1. The Morgan fingerprint density at radius 3 is 2.64 bits per heavy atom. The predicted octanol–water partition coefficient (Wildman–Crippen LogP) is 3.85. The first-order valence-electron chi connectivity index (χ1n) is 9.44. The van der Waals surface area contributed by atoms with Crippen LogP contribution in [-0.2, 0) is 4.79 Å². The molecule has 1 aliphatic heterocycles. The van der Waals surface area contributed by atoms with Crippen LogP contribution in [0.2, 0.25) is 5.02 Å². The third-order valence-corrected chi connectivity index (χ3v) is 6.22. The largest absolute Gasteiger partial charge is 0.368 e. The number of halogens is 1. The van der Waals surface area contributed by atoms with Crippen LogP contribution in [0.4, 0.5) is 10.8 Å². The summed E-state index contributed by atoms with van der Waals surface area (Å²) in [7, 11) is 0. The quantitative estimate of drug-likeness (QED) is 0.544. The highest BCUT2D eigenvalue weighted by Crippen LogP contribution is 2.23. The number of carbonyl (C=O) groups excluding carboxylic acids is 2. The van der Waals surface area contributed by atoms with Crippen LogP contribution in [0.25, 0.3) is 0 Å². The molecule has 2 aromatic rings. The van der Waals surface area contributed by atoms with E-state index in [1.165, 1.54) is 11.3 Å². The number of carbonyl (C=O) groups is 2. The monoisotopic (exact) mass is 420 g/mol. The standard InChI is InChI=1S/C20H25ClN4O2S/c1-14-19(15(2)26)28-20(23-14)22-8-4-7-18(27)25-11-9-24(10-12-25)17-6-3-5-16(21)13-17/h3,5-6,13H,4,7-12H2,1-2H3,(H,22,23). The van der Waals surface area contributed by atoms with E-state index < -0.39 is 0 Å². The van der Waals surface area contributed by atoms with E-state index in [9.17, 15) is 9.59 Å². The summed E-state index contributed by atoms with van der Waals surface area (Å²) in [4.78, 5) is 33.2. The summed E-state index contributed by atoms with van der Waals surface area (Å²) in [5.74, 6) is 0.224. The first-order chi connectivity index (χ1) is 13.4. The van der Waals surface area contributed by atoms with Crippen molar-refractivity contribution in [3.8, 4) is 0 Å². The molecule has 1 saturated heterocycles. The second kappa shape index (κ2) is 9.39.